The number of alkyl carbamates (subject to hydrolysis) is 1. The summed E-state index contributed by atoms with van der Waals surface area (Å²) in [6.07, 6.45) is -5.74. The van der Waals surface area contributed by atoms with Gasteiger partial charge in [-0.05, 0) is 104 Å². The number of hydrogen-bond donors (Lipinski definition) is 11. The highest BCUT2D eigenvalue weighted by molar-refractivity contribution is 5.92. The lowest BCUT2D eigenvalue weighted by Gasteiger charge is -2.41. The molecule has 26 nitrogen and oxygen atoms in total. The molecule has 26 heteroatoms. The monoisotopic (exact) mass is 1310 g/mol. The van der Waals surface area contributed by atoms with Crippen molar-refractivity contribution in [2.75, 3.05) is 53.3 Å². The number of ether oxygens (including phenoxy) is 6. The van der Waals surface area contributed by atoms with Crippen LogP contribution in [0.2, 0.25) is 0 Å². The number of aliphatic hydroxyl groups is 6. The number of likely N-dealkylation sites (tertiary alicyclic amines) is 1. The predicted molar refractivity (Wildman–Crippen MR) is 343 cm³/mol. The third-order valence-corrected chi connectivity index (χ3v) is 19.1. The largest absolute Gasteiger partial charge is 0.479 e. The second kappa shape index (κ2) is 35.5. The van der Waals surface area contributed by atoms with Crippen LogP contribution >= 0.6 is 0 Å². The number of carbonyl (C=O) groups is 6. The summed E-state index contributed by atoms with van der Waals surface area (Å²) in [4.78, 5) is 87.0. The second-order valence-corrected chi connectivity index (χ2v) is 26.3. The fourth-order valence-electron chi connectivity index (χ4n) is 13.5. The second-order valence-electron chi connectivity index (χ2n) is 26.3. The first-order valence-electron chi connectivity index (χ1n) is 32.9. The van der Waals surface area contributed by atoms with Crippen LogP contribution in [-0.2, 0) is 49.5 Å². The van der Waals surface area contributed by atoms with Crippen molar-refractivity contribution in [1.29, 1.82) is 0 Å². The summed E-state index contributed by atoms with van der Waals surface area (Å²) in [6, 6.07) is 9.56. The summed E-state index contributed by atoms with van der Waals surface area (Å²) >= 11 is 0. The van der Waals surface area contributed by atoms with Crippen LogP contribution < -0.4 is 26.0 Å². The number of nitrogens with one attached hydrogen (secondary N) is 4. The van der Waals surface area contributed by atoms with Crippen LogP contribution in [0.4, 0.5) is 15.3 Å². The molecular weight excluding hydrogens is 1210 g/mol. The van der Waals surface area contributed by atoms with Crippen LogP contribution in [0.15, 0.2) is 60.7 Å². The molecule has 522 valence electrons. The Balaban J connectivity index is 1.09. The summed E-state index contributed by atoms with van der Waals surface area (Å²) in [6.45, 7) is 14.9. The van der Waals surface area contributed by atoms with E-state index in [4.69, 9.17) is 28.4 Å². The van der Waals surface area contributed by atoms with Gasteiger partial charge in [0, 0.05) is 59.8 Å². The highest BCUT2D eigenvalue weighted by Crippen LogP contribution is 2.53. The molecule has 6 unspecified atom stereocenters. The van der Waals surface area contributed by atoms with Crippen molar-refractivity contribution in [3.63, 3.8) is 0 Å². The molecule has 2 aromatic rings. The molecule has 11 N–H and O–H groups in total. The van der Waals surface area contributed by atoms with Gasteiger partial charge in [0.1, 0.15) is 55.2 Å². The number of aliphatic hydroxyl groups excluding tert-OH is 6. The number of anilines is 1. The van der Waals surface area contributed by atoms with Gasteiger partial charge in [-0.15, -0.1) is 0 Å². The molecule has 0 bridgehead atoms. The number of benzene rings is 2. The zero-order valence-electron chi connectivity index (χ0n) is 56.0. The molecule has 19 atom stereocenters. The standard InChI is InChI=1S/C67H105N7O19/c1-13-38(6)54(49(88-11)33-51(76)74-31-21-26-47(74)59(89-12)39(7)61(81)69-40(8)55(77)42-22-17-16-18-23-42)72(9)63(83)52(36(2)3)71-62(82)53(37(4)5)73(10)67(87)91-34-41-27-28-48(92-65-58(80)56(78)57(79)60(93-65)64(84)85)46(32-41)70-50(75)29-30-68-66(86)90-35-45-43-24-19-14-15-20-25-44(43)45/h14-18,22-23,27-28,32,36-40,43-45,47,49-50,52-61,65,69-70,75,77-81H,13,19-21,24-26,29-31,33-35H2,1-12H3,(H,68,86)(H,71,82)(H,84,85)/b15-14-/t38-,39+,40+,43?,44?,45?,47-,49+,50?,52-,53-,54-,55+,56-,57+,58?,59+,60?,61?,65+/m0/s1. The Kier molecular flexibility index (Phi) is 29.0. The number of methoxy groups -OCH3 is 2. The van der Waals surface area contributed by atoms with Gasteiger partial charge in [-0.3, -0.25) is 24.6 Å². The Morgan fingerprint density at radius 1 is 0.806 bits per heavy atom. The van der Waals surface area contributed by atoms with Crippen LogP contribution in [0, 0.1) is 41.4 Å². The predicted octanol–water partition coefficient (Wildman–Crippen LogP) is 4.48. The molecule has 2 aromatic carbocycles. The van der Waals surface area contributed by atoms with E-state index < -0.39 is 146 Å². The van der Waals surface area contributed by atoms with Crippen molar-refractivity contribution in [1.82, 2.24) is 30.7 Å². The molecule has 93 heavy (non-hydrogen) atoms. The number of carboxylic acids is 1. The number of hydrogen-bond acceptors (Lipinski definition) is 20. The van der Waals surface area contributed by atoms with E-state index in [1.807, 2.05) is 51.1 Å². The minimum absolute atomic E-state index is 0.0140. The number of nitrogens with zero attached hydrogens (tertiary/aromatic N) is 3. The van der Waals surface area contributed by atoms with Crippen LogP contribution in [0.25, 0.3) is 0 Å². The average molecular weight is 1310 g/mol. The molecule has 0 spiro atoms. The minimum Gasteiger partial charge on any atom is -0.479 e. The zero-order chi connectivity index (χ0) is 68.5. The quantitative estimate of drug-likeness (QED) is 0.0346. The van der Waals surface area contributed by atoms with Gasteiger partial charge in [0.05, 0.1) is 49.1 Å². The fraction of sp³-hybridized carbons (Fsp3) is 0.701. The number of carbonyl (C=O) groups excluding carboxylic acids is 5. The molecule has 4 aliphatic rings. The van der Waals surface area contributed by atoms with Crippen molar-refractivity contribution in [3.05, 3.63) is 71.8 Å². The molecule has 5 amide bonds. The number of fused-ring (bicyclic) bond motifs is 1. The lowest BCUT2D eigenvalue weighted by Crippen LogP contribution is -2.61. The molecule has 0 aromatic heterocycles. The van der Waals surface area contributed by atoms with Gasteiger partial charge in [0.15, 0.2) is 6.10 Å². The normalized spacial score (nSPS) is 26.0. The van der Waals surface area contributed by atoms with Crippen LogP contribution in [0.1, 0.15) is 130 Å². The number of allylic oxidation sites excluding steroid dienone is 2. The third kappa shape index (κ3) is 19.9. The number of amides is 5. The van der Waals surface area contributed by atoms with Crippen LogP contribution in [-0.4, -0.2) is 220 Å². The summed E-state index contributed by atoms with van der Waals surface area (Å²) in [5.74, 6) is -3.38. The Hall–Kier alpha value is -6.20. The first kappa shape index (κ1) is 75.8. The van der Waals surface area contributed by atoms with Crippen molar-refractivity contribution < 1.29 is 92.9 Å². The summed E-state index contributed by atoms with van der Waals surface area (Å²) in [7, 11) is 6.05. The molecule has 2 aliphatic heterocycles. The Bertz CT molecular complexity index is 2750. The van der Waals surface area contributed by atoms with Gasteiger partial charge in [0.2, 0.25) is 24.0 Å². The fourth-order valence-corrected chi connectivity index (χ4v) is 13.5. The SMILES string of the molecule is CC[C@H](C)[C@@H]([C@@H](CC(=O)N1CCC[C@H]1[C@H](OC)[C@@H](C)C(O)N[C@H](C)[C@@H](O)c1ccccc1)OC)N(C)C(=O)[C@@H](NC(=O)[C@H](C(C)C)N(C)C(=O)OCc1ccc(O[C@@H]2OC(C(=O)O)[C@H](O)[C@H](O)C2O)c(NC(O)CCNC(=O)OCC2C3CC/C=C\CCC32)c1)C(C)C. The van der Waals surface area contributed by atoms with E-state index in [-0.39, 0.29) is 42.6 Å². The summed E-state index contributed by atoms with van der Waals surface area (Å²) < 4.78 is 34.6. The van der Waals surface area contributed by atoms with Gasteiger partial charge in [0.25, 0.3) is 0 Å². The Labute approximate surface area is 547 Å². The van der Waals surface area contributed by atoms with Crippen molar-refractivity contribution >= 4 is 41.6 Å². The Morgan fingerprint density at radius 2 is 1.47 bits per heavy atom. The third-order valence-electron chi connectivity index (χ3n) is 19.1. The van der Waals surface area contributed by atoms with Gasteiger partial charge < -0.3 is 89.9 Å². The molecule has 0 radical (unpaired) electrons. The lowest BCUT2D eigenvalue weighted by molar-refractivity contribution is -0.271. The van der Waals surface area contributed by atoms with Crippen molar-refractivity contribution in [2.24, 2.45) is 41.4 Å². The molecule has 1 saturated carbocycles. The van der Waals surface area contributed by atoms with E-state index in [0.29, 0.717) is 61.3 Å². The van der Waals surface area contributed by atoms with E-state index in [2.05, 4.69) is 33.4 Å². The van der Waals surface area contributed by atoms with Crippen LogP contribution in [0.3, 0.4) is 0 Å². The zero-order valence-corrected chi connectivity index (χ0v) is 56.0. The lowest BCUT2D eigenvalue weighted by atomic mass is 9.89. The molecule has 2 heterocycles. The number of carboxylic acid groups (broad SMARTS) is 1. The van der Waals surface area contributed by atoms with Crippen molar-refractivity contribution in [2.45, 2.75) is 211 Å². The summed E-state index contributed by atoms with van der Waals surface area (Å²) in [5.41, 5.74) is 1.02. The van der Waals surface area contributed by atoms with E-state index in [0.717, 1.165) is 30.6 Å². The minimum atomic E-state index is -1.99. The number of likely N-dealkylation sites (N-methyl/N-ethyl adjacent to an activating group) is 2. The molecular formula is C67H105N7O19. The summed E-state index contributed by atoms with van der Waals surface area (Å²) in [5, 5.41) is 86.5. The maximum atomic E-state index is 14.9. The smallest absolute Gasteiger partial charge is 0.410 e. The van der Waals surface area contributed by atoms with Gasteiger partial charge in [-0.1, -0.05) is 103 Å². The first-order valence-corrected chi connectivity index (χ1v) is 32.9. The molecule has 2 aliphatic carbocycles. The van der Waals surface area contributed by atoms with Crippen molar-refractivity contribution in [3.8, 4) is 5.75 Å². The molecule has 3 fully saturated rings. The van der Waals surface area contributed by atoms with E-state index >= 15 is 0 Å². The molecule has 6 rings (SSSR count). The van der Waals surface area contributed by atoms with Gasteiger partial charge in [-0.25, -0.2) is 14.4 Å². The maximum absolute atomic E-state index is 14.9. The van der Waals surface area contributed by atoms with Gasteiger partial charge >= 0.3 is 18.2 Å². The highest BCUT2D eigenvalue weighted by Gasteiger charge is 2.51. The first-order chi connectivity index (χ1) is 44.1. The number of aliphatic carboxylic acids is 1. The van der Waals surface area contributed by atoms with E-state index in [1.165, 1.54) is 37.3 Å². The Morgan fingerprint density at radius 3 is 2.08 bits per heavy atom. The average Bonchev–Trinajstić information content (AvgIpc) is 1.72. The van der Waals surface area contributed by atoms with E-state index in [9.17, 15) is 64.5 Å². The topological polar surface area (TPSA) is 357 Å². The van der Waals surface area contributed by atoms with Gasteiger partial charge in [-0.2, -0.15) is 0 Å². The molecule has 2 saturated heterocycles. The van der Waals surface area contributed by atoms with E-state index in [1.54, 1.807) is 53.7 Å². The highest BCUT2D eigenvalue weighted by atomic mass is 16.7. The number of rotatable bonds is 33. The maximum Gasteiger partial charge on any atom is 0.410 e. The van der Waals surface area contributed by atoms with Crippen LogP contribution in [0.5, 0.6) is 5.75 Å².